The molecule has 0 aromatic heterocycles. The van der Waals surface area contributed by atoms with Crippen molar-refractivity contribution in [3.63, 3.8) is 0 Å². The molecule has 0 aliphatic rings. The predicted octanol–water partition coefficient (Wildman–Crippen LogP) is 3.12. The fourth-order valence-electron chi connectivity index (χ4n) is 2.65. The van der Waals surface area contributed by atoms with Crippen molar-refractivity contribution in [1.29, 1.82) is 0 Å². The number of hydrogen-bond donors (Lipinski definition) is 2. The highest BCUT2D eigenvalue weighted by Gasteiger charge is 2.35. The summed E-state index contributed by atoms with van der Waals surface area (Å²) in [4.78, 5) is 24.8. The van der Waals surface area contributed by atoms with Gasteiger partial charge in [-0.15, -0.1) is 0 Å². The van der Waals surface area contributed by atoms with E-state index in [1.807, 2.05) is 48.5 Å². The Morgan fingerprint density at radius 3 is 1.73 bits per heavy atom. The SMILES string of the molecule is CC(C)(C(=O)NCCCc1ccccc1)C(=O)NCCc1ccccc1. The normalized spacial score (nSPS) is 11.0. The Bertz CT molecular complexity index is 697. The summed E-state index contributed by atoms with van der Waals surface area (Å²) in [5, 5.41) is 5.75. The molecule has 2 N–H and O–H groups in total. The van der Waals surface area contributed by atoms with Crippen molar-refractivity contribution in [2.75, 3.05) is 13.1 Å². The highest BCUT2D eigenvalue weighted by Crippen LogP contribution is 2.15. The van der Waals surface area contributed by atoms with Crippen LogP contribution >= 0.6 is 0 Å². The van der Waals surface area contributed by atoms with Gasteiger partial charge in [-0.2, -0.15) is 0 Å². The standard InChI is InChI=1S/C22H28N2O2/c1-22(2,21(26)24-17-15-19-12-7-4-8-13-19)20(25)23-16-9-14-18-10-5-3-6-11-18/h3-8,10-13H,9,14-17H2,1-2H3,(H,23,25)(H,24,26). The van der Waals surface area contributed by atoms with Crippen LogP contribution in [-0.4, -0.2) is 24.9 Å². The highest BCUT2D eigenvalue weighted by atomic mass is 16.2. The molecule has 2 amide bonds. The third-order valence-corrected chi connectivity index (χ3v) is 4.45. The average Bonchev–Trinajstić information content (AvgIpc) is 2.66. The Morgan fingerprint density at radius 2 is 1.19 bits per heavy atom. The van der Waals surface area contributed by atoms with Crippen LogP contribution in [0.3, 0.4) is 0 Å². The summed E-state index contributed by atoms with van der Waals surface area (Å²) in [5.41, 5.74) is 1.33. The zero-order chi connectivity index (χ0) is 18.8. The molecule has 4 nitrogen and oxygen atoms in total. The number of benzene rings is 2. The van der Waals surface area contributed by atoms with Crippen LogP contribution in [-0.2, 0) is 22.4 Å². The number of aryl methyl sites for hydroxylation is 1. The van der Waals surface area contributed by atoms with E-state index in [9.17, 15) is 9.59 Å². The van der Waals surface area contributed by atoms with E-state index >= 15 is 0 Å². The van der Waals surface area contributed by atoms with E-state index in [1.54, 1.807) is 13.8 Å². The van der Waals surface area contributed by atoms with Crippen molar-refractivity contribution in [2.45, 2.75) is 33.1 Å². The van der Waals surface area contributed by atoms with E-state index in [0.717, 1.165) is 24.8 Å². The van der Waals surface area contributed by atoms with Crippen LogP contribution < -0.4 is 10.6 Å². The third kappa shape index (κ3) is 6.03. The van der Waals surface area contributed by atoms with Gasteiger partial charge in [-0.3, -0.25) is 9.59 Å². The monoisotopic (exact) mass is 352 g/mol. The van der Waals surface area contributed by atoms with E-state index in [0.29, 0.717) is 13.1 Å². The smallest absolute Gasteiger partial charge is 0.235 e. The van der Waals surface area contributed by atoms with Crippen LogP contribution in [0.5, 0.6) is 0 Å². The predicted molar refractivity (Wildman–Crippen MR) is 105 cm³/mol. The summed E-state index contributed by atoms with van der Waals surface area (Å²) >= 11 is 0. The van der Waals surface area contributed by atoms with Gasteiger partial charge in [0.15, 0.2) is 0 Å². The topological polar surface area (TPSA) is 58.2 Å². The van der Waals surface area contributed by atoms with E-state index in [2.05, 4.69) is 22.8 Å². The van der Waals surface area contributed by atoms with Crippen LogP contribution in [0.1, 0.15) is 31.4 Å². The second kappa shape index (κ2) is 9.76. The average molecular weight is 352 g/mol. The van der Waals surface area contributed by atoms with Crippen molar-refractivity contribution in [2.24, 2.45) is 5.41 Å². The quantitative estimate of drug-likeness (QED) is 0.538. The number of carbonyl (C=O) groups excluding carboxylic acids is 2. The maximum atomic E-state index is 12.4. The maximum Gasteiger partial charge on any atom is 0.235 e. The second-order valence-corrected chi connectivity index (χ2v) is 6.96. The molecule has 0 aliphatic heterocycles. The van der Waals surface area contributed by atoms with Crippen LogP contribution in [0.4, 0.5) is 0 Å². The molecule has 0 bridgehead atoms. The third-order valence-electron chi connectivity index (χ3n) is 4.45. The van der Waals surface area contributed by atoms with Gasteiger partial charge in [0.25, 0.3) is 0 Å². The van der Waals surface area contributed by atoms with Gasteiger partial charge in [0, 0.05) is 13.1 Å². The van der Waals surface area contributed by atoms with Gasteiger partial charge in [0.05, 0.1) is 0 Å². The minimum atomic E-state index is -1.08. The van der Waals surface area contributed by atoms with E-state index < -0.39 is 5.41 Å². The zero-order valence-electron chi connectivity index (χ0n) is 15.6. The van der Waals surface area contributed by atoms with E-state index in [1.165, 1.54) is 5.56 Å². The molecular formula is C22H28N2O2. The first kappa shape index (κ1) is 19.7. The van der Waals surface area contributed by atoms with Crippen molar-refractivity contribution in [3.8, 4) is 0 Å². The molecule has 2 aromatic rings. The number of carbonyl (C=O) groups is 2. The number of hydrogen-bond acceptors (Lipinski definition) is 2. The van der Waals surface area contributed by atoms with Crippen LogP contribution in [0.25, 0.3) is 0 Å². The Morgan fingerprint density at radius 1 is 0.731 bits per heavy atom. The molecule has 0 fully saturated rings. The first-order chi connectivity index (χ1) is 12.5. The van der Waals surface area contributed by atoms with Crippen LogP contribution in [0, 0.1) is 5.41 Å². The molecule has 26 heavy (non-hydrogen) atoms. The molecular weight excluding hydrogens is 324 g/mol. The lowest BCUT2D eigenvalue weighted by Crippen LogP contribution is -2.48. The Labute approximate surface area is 156 Å². The van der Waals surface area contributed by atoms with Crippen molar-refractivity contribution in [3.05, 3.63) is 71.8 Å². The zero-order valence-corrected chi connectivity index (χ0v) is 15.6. The minimum Gasteiger partial charge on any atom is -0.355 e. The van der Waals surface area contributed by atoms with Gasteiger partial charge >= 0.3 is 0 Å². The van der Waals surface area contributed by atoms with Crippen molar-refractivity contribution < 1.29 is 9.59 Å². The Balaban J connectivity index is 1.70. The lowest BCUT2D eigenvalue weighted by atomic mass is 9.91. The fourth-order valence-corrected chi connectivity index (χ4v) is 2.65. The first-order valence-electron chi connectivity index (χ1n) is 9.14. The van der Waals surface area contributed by atoms with Crippen molar-refractivity contribution in [1.82, 2.24) is 10.6 Å². The molecule has 0 saturated carbocycles. The van der Waals surface area contributed by atoms with E-state index in [4.69, 9.17) is 0 Å². The highest BCUT2D eigenvalue weighted by molar-refractivity contribution is 6.04. The van der Waals surface area contributed by atoms with E-state index in [-0.39, 0.29) is 11.8 Å². The molecule has 0 heterocycles. The second-order valence-electron chi connectivity index (χ2n) is 6.96. The summed E-state index contributed by atoms with van der Waals surface area (Å²) in [7, 11) is 0. The largest absolute Gasteiger partial charge is 0.355 e. The molecule has 0 aliphatic carbocycles. The number of amides is 2. The molecule has 138 valence electrons. The maximum absolute atomic E-state index is 12.4. The first-order valence-corrected chi connectivity index (χ1v) is 9.14. The van der Waals surface area contributed by atoms with Gasteiger partial charge in [-0.1, -0.05) is 60.7 Å². The summed E-state index contributed by atoms with van der Waals surface area (Å²) in [5.74, 6) is -0.475. The molecule has 2 rings (SSSR count). The van der Waals surface area contributed by atoms with Gasteiger partial charge in [-0.25, -0.2) is 0 Å². The summed E-state index contributed by atoms with van der Waals surface area (Å²) < 4.78 is 0. The summed E-state index contributed by atoms with van der Waals surface area (Å²) in [6.07, 6.45) is 2.51. The molecule has 0 radical (unpaired) electrons. The summed E-state index contributed by atoms with van der Waals surface area (Å²) in [6.45, 7) is 4.41. The molecule has 0 atom stereocenters. The van der Waals surface area contributed by atoms with Gasteiger partial charge in [0.1, 0.15) is 5.41 Å². The summed E-state index contributed by atoms with van der Waals surface area (Å²) in [6, 6.07) is 20.1. The molecule has 2 aromatic carbocycles. The Kier molecular flexibility index (Phi) is 7.39. The molecule has 0 spiro atoms. The van der Waals surface area contributed by atoms with Gasteiger partial charge < -0.3 is 10.6 Å². The Hall–Kier alpha value is -2.62. The number of rotatable bonds is 9. The van der Waals surface area contributed by atoms with Crippen molar-refractivity contribution >= 4 is 11.8 Å². The van der Waals surface area contributed by atoms with Gasteiger partial charge in [0.2, 0.25) is 11.8 Å². The molecule has 4 heteroatoms. The molecule has 0 saturated heterocycles. The van der Waals surface area contributed by atoms with Crippen LogP contribution in [0.2, 0.25) is 0 Å². The lowest BCUT2D eigenvalue weighted by molar-refractivity contribution is -0.141. The van der Waals surface area contributed by atoms with Gasteiger partial charge in [-0.05, 0) is 44.2 Å². The minimum absolute atomic E-state index is 0.234. The number of nitrogens with one attached hydrogen (secondary N) is 2. The fraction of sp³-hybridized carbons (Fsp3) is 0.364. The van der Waals surface area contributed by atoms with Crippen LogP contribution in [0.15, 0.2) is 60.7 Å². The molecule has 0 unspecified atom stereocenters. The lowest BCUT2D eigenvalue weighted by Gasteiger charge is -2.22.